The zero-order valence-electron chi connectivity index (χ0n) is 15.4. The maximum absolute atomic E-state index is 12.2. The molecule has 0 aliphatic carbocycles. The van der Waals surface area contributed by atoms with Crippen LogP contribution >= 0.6 is 0 Å². The predicted octanol–water partition coefficient (Wildman–Crippen LogP) is 3.67. The lowest BCUT2D eigenvalue weighted by molar-refractivity contribution is 0.249. The highest BCUT2D eigenvalue weighted by molar-refractivity contribution is 5.89. The van der Waals surface area contributed by atoms with Crippen molar-refractivity contribution in [3.05, 3.63) is 53.6 Å². The van der Waals surface area contributed by atoms with Gasteiger partial charge in [-0.2, -0.15) is 5.26 Å². The molecule has 0 saturated carbocycles. The number of methoxy groups -OCH3 is 2. The molecule has 0 atom stereocenters. The fourth-order valence-corrected chi connectivity index (χ4v) is 2.50. The molecular formula is C20H23N3O3. The van der Waals surface area contributed by atoms with E-state index in [2.05, 4.69) is 10.6 Å². The Morgan fingerprint density at radius 3 is 2.50 bits per heavy atom. The van der Waals surface area contributed by atoms with Crippen LogP contribution < -0.4 is 20.1 Å². The number of rotatable bonds is 6. The van der Waals surface area contributed by atoms with E-state index in [0.29, 0.717) is 29.3 Å². The average molecular weight is 353 g/mol. The zero-order chi connectivity index (χ0) is 19.2. The molecule has 2 aromatic carbocycles. The van der Waals surface area contributed by atoms with Crippen LogP contribution in [0, 0.1) is 11.3 Å². The molecule has 0 bridgehead atoms. The highest BCUT2D eigenvalue weighted by Gasteiger charge is 2.23. The van der Waals surface area contributed by atoms with Crippen LogP contribution in [0.2, 0.25) is 0 Å². The monoisotopic (exact) mass is 353 g/mol. The molecule has 0 spiro atoms. The molecule has 2 amide bonds. The molecule has 26 heavy (non-hydrogen) atoms. The van der Waals surface area contributed by atoms with E-state index in [9.17, 15) is 4.79 Å². The summed E-state index contributed by atoms with van der Waals surface area (Å²) in [7, 11) is 3.19. The van der Waals surface area contributed by atoms with Crippen molar-refractivity contribution in [2.45, 2.75) is 19.3 Å². The molecule has 0 aromatic heterocycles. The first kappa shape index (κ1) is 19.1. The fourth-order valence-electron chi connectivity index (χ4n) is 2.50. The van der Waals surface area contributed by atoms with Crippen LogP contribution in [0.25, 0.3) is 0 Å². The molecule has 0 radical (unpaired) electrons. The smallest absolute Gasteiger partial charge is 0.319 e. The molecule has 136 valence electrons. The summed E-state index contributed by atoms with van der Waals surface area (Å²) in [4.78, 5) is 12.2. The predicted molar refractivity (Wildman–Crippen MR) is 101 cm³/mol. The van der Waals surface area contributed by atoms with Gasteiger partial charge in [-0.25, -0.2) is 4.79 Å². The Kier molecular flexibility index (Phi) is 6.07. The van der Waals surface area contributed by atoms with E-state index >= 15 is 0 Å². The topological polar surface area (TPSA) is 83.4 Å². The van der Waals surface area contributed by atoms with Gasteiger partial charge in [0.1, 0.15) is 0 Å². The highest BCUT2D eigenvalue weighted by Crippen LogP contribution is 2.32. The van der Waals surface area contributed by atoms with Gasteiger partial charge in [-0.1, -0.05) is 26.0 Å². The molecule has 0 unspecified atom stereocenters. The largest absolute Gasteiger partial charge is 0.493 e. The molecule has 6 nitrogen and oxygen atoms in total. The van der Waals surface area contributed by atoms with Gasteiger partial charge in [-0.3, -0.25) is 0 Å². The number of ether oxygens (including phenoxy) is 2. The number of nitriles is 1. The average Bonchev–Trinajstić information content (AvgIpc) is 2.66. The Bertz CT molecular complexity index is 825. The Morgan fingerprint density at radius 1 is 1.12 bits per heavy atom. The number of hydrogen-bond donors (Lipinski definition) is 2. The van der Waals surface area contributed by atoms with Crippen molar-refractivity contribution in [2.24, 2.45) is 0 Å². The van der Waals surface area contributed by atoms with Gasteiger partial charge >= 0.3 is 6.03 Å². The molecule has 0 aliphatic heterocycles. The second-order valence-electron chi connectivity index (χ2n) is 6.45. The summed E-state index contributed by atoms with van der Waals surface area (Å²) in [6.07, 6.45) is 0. The quantitative estimate of drug-likeness (QED) is 0.830. The van der Waals surface area contributed by atoms with E-state index in [-0.39, 0.29) is 11.4 Å². The molecule has 2 N–H and O–H groups in total. The van der Waals surface area contributed by atoms with Crippen LogP contribution in [-0.2, 0) is 5.41 Å². The minimum atomic E-state index is -0.325. The fraction of sp³-hybridized carbons (Fsp3) is 0.300. The van der Waals surface area contributed by atoms with Crippen LogP contribution in [0.15, 0.2) is 42.5 Å². The van der Waals surface area contributed by atoms with Gasteiger partial charge < -0.3 is 20.1 Å². The van der Waals surface area contributed by atoms with Gasteiger partial charge in [0.05, 0.1) is 25.9 Å². The van der Waals surface area contributed by atoms with E-state index in [0.717, 1.165) is 5.56 Å². The summed E-state index contributed by atoms with van der Waals surface area (Å²) >= 11 is 0. The molecule has 6 heteroatoms. The highest BCUT2D eigenvalue weighted by atomic mass is 16.5. The molecular weight excluding hydrogens is 330 g/mol. The minimum Gasteiger partial charge on any atom is -0.493 e. The van der Waals surface area contributed by atoms with Gasteiger partial charge in [0.25, 0.3) is 0 Å². The van der Waals surface area contributed by atoms with Gasteiger partial charge in [0.2, 0.25) is 0 Å². The lowest BCUT2D eigenvalue weighted by Gasteiger charge is -2.26. The molecule has 2 aromatic rings. The summed E-state index contributed by atoms with van der Waals surface area (Å²) in [5.41, 5.74) is 1.77. The minimum absolute atomic E-state index is 0.314. The molecule has 0 heterocycles. The van der Waals surface area contributed by atoms with E-state index in [1.165, 1.54) is 0 Å². The summed E-state index contributed by atoms with van der Waals surface area (Å²) in [6.45, 7) is 4.49. The van der Waals surface area contributed by atoms with Crippen molar-refractivity contribution in [1.29, 1.82) is 5.26 Å². The van der Waals surface area contributed by atoms with Crippen molar-refractivity contribution >= 4 is 11.7 Å². The van der Waals surface area contributed by atoms with Crippen LogP contribution in [0.5, 0.6) is 11.5 Å². The van der Waals surface area contributed by atoms with E-state index in [1.54, 1.807) is 38.5 Å². The summed E-state index contributed by atoms with van der Waals surface area (Å²) < 4.78 is 10.6. The van der Waals surface area contributed by atoms with Crippen molar-refractivity contribution < 1.29 is 14.3 Å². The second-order valence-corrected chi connectivity index (χ2v) is 6.45. The number of anilines is 1. The number of amides is 2. The number of carbonyl (C=O) groups is 1. The summed E-state index contributed by atoms with van der Waals surface area (Å²) in [6, 6.07) is 14.2. The number of benzene rings is 2. The summed E-state index contributed by atoms with van der Waals surface area (Å²) in [5.74, 6) is 1.31. The zero-order valence-corrected chi connectivity index (χ0v) is 15.4. The lowest BCUT2D eigenvalue weighted by Crippen LogP contribution is -2.39. The van der Waals surface area contributed by atoms with Crippen LogP contribution in [0.1, 0.15) is 25.0 Å². The third-order valence-corrected chi connectivity index (χ3v) is 4.11. The maximum atomic E-state index is 12.2. The molecule has 2 rings (SSSR count). The number of carbonyl (C=O) groups excluding carboxylic acids is 1. The van der Waals surface area contributed by atoms with Gasteiger partial charge in [0, 0.05) is 17.6 Å². The number of urea groups is 1. The van der Waals surface area contributed by atoms with Crippen LogP contribution in [-0.4, -0.2) is 26.8 Å². The molecule has 0 fully saturated rings. The number of nitrogens with zero attached hydrogens (tertiary/aromatic N) is 1. The molecule has 0 saturated heterocycles. The Hall–Kier alpha value is -3.20. The first-order valence-electron chi connectivity index (χ1n) is 8.17. The van der Waals surface area contributed by atoms with Crippen molar-refractivity contribution in [3.8, 4) is 17.6 Å². The van der Waals surface area contributed by atoms with Crippen molar-refractivity contribution in [3.63, 3.8) is 0 Å². The first-order chi connectivity index (χ1) is 12.4. The Morgan fingerprint density at radius 2 is 1.85 bits per heavy atom. The van der Waals surface area contributed by atoms with E-state index in [1.807, 2.05) is 38.1 Å². The Labute approximate surface area is 153 Å². The summed E-state index contributed by atoms with van der Waals surface area (Å²) in [5, 5.41) is 14.5. The first-order valence-corrected chi connectivity index (χ1v) is 8.17. The van der Waals surface area contributed by atoms with Crippen LogP contribution in [0.4, 0.5) is 10.5 Å². The normalized spacial score (nSPS) is 10.6. The van der Waals surface area contributed by atoms with Crippen LogP contribution in [0.3, 0.4) is 0 Å². The van der Waals surface area contributed by atoms with Gasteiger partial charge in [-0.15, -0.1) is 0 Å². The Balaban J connectivity index is 2.02. The van der Waals surface area contributed by atoms with E-state index in [4.69, 9.17) is 14.7 Å². The molecule has 0 aliphatic rings. The van der Waals surface area contributed by atoms with Gasteiger partial charge in [0.15, 0.2) is 11.5 Å². The maximum Gasteiger partial charge on any atom is 0.319 e. The number of hydrogen-bond acceptors (Lipinski definition) is 4. The third-order valence-electron chi connectivity index (χ3n) is 4.11. The van der Waals surface area contributed by atoms with Gasteiger partial charge in [-0.05, 0) is 35.9 Å². The van der Waals surface area contributed by atoms with E-state index < -0.39 is 0 Å². The SMILES string of the molecule is COc1ccc(C(C)(C)CNC(=O)Nc2cccc(C#N)c2)cc1OC. The second kappa shape index (κ2) is 8.26. The third kappa shape index (κ3) is 4.67. The van der Waals surface area contributed by atoms with Crippen molar-refractivity contribution in [1.82, 2.24) is 5.32 Å². The van der Waals surface area contributed by atoms with Crippen molar-refractivity contribution in [2.75, 3.05) is 26.1 Å². The number of nitrogens with one attached hydrogen (secondary N) is 2. The lowest BCUT2D eigenvalue weighted by atomic mass is 9.84. The standard InChI is InChI=1S/C20H23N3O3/c1-20(2,15-8-9-17(25-3)18(11-15)26-4)13-22-19(24)23-16-7-5-6-14(10-16)12-21/h5-11H,13H2,1-4H3,(H2,22,23,24).